The van der Waals surface area contributed by atoms with Crippen molar-refractivity contribution >= 4 is 15.7 Å². The van der Waals surface area contributed by atoms with E-state index >= 15 is 0 Å². The Kier molecular flexibility index (Phi) is 5.73. The molecular weight excluding hydrogens is 305 g/mol. The van der Waals surface area contributed by atoms with E-state index in [-0.39, 0.29) is 18.2 Å². The van der Waals surface area contributed by atoms with Crippen molar-refractivity contribution in [3.63, 3.8) is 0 Å². The lowest BCUT2D eigenvalue weighted by Crippen LogP contribution is -2.49. The Balaban J connectivity index is 3.04. The van der Waals surface area contributed by atoms with Gasteiger partial charge in [-0.2, -0.15) is 0 Å². The molecule has 0 aromatic heterocycles. The van der Waals surface area contributed by atoms with Crippen molar-refractivity contribution in [2.45, 2.75) is 39.2 Å². The second-order valence-electron chi connectivity index (χ2n) is 6.53. The van der Waals surface area contributed by atoms with Crippen molar-refractivity contribution < 1.29 is 17.6 Å². The van der Waals surface area contributed by atoms with Crippen molar-refractivity contribution in [3.05, 3.63) is 35.6 Å². The lowest BCUT2D eigenvalue weighted by Gasteiger charge is -2.37. The van der Waals surface area contributed by atoms with E-state index in [1.54, 1.807) is 25.1 Å². The van der Waals surface area contributed by atoms with Crippen LogP contribution in [0.25, 0.3) is 0 Å². The minimum absolute atomic E-state index is 0.0972. The first-order valence-electron chi connectivity index (χ1n) is 7.17. The number of benzene rings is 1. The molecule has 0 spiro atoms. The van der Waals surface area contributed by atoms with E-state index in [1.807, 2.05) is 20.8 Å². The summed E-state index contributed by atoms with van der Waals surface area (Å²) in [5.74, 6) is -1.48. The second kappa shape index (κ2) is 6.77. The van der Waals surface area contributed by atoms with Crippen LogP contribution in [0.1, 0.15) is 39.2 Å². The number of halogens is 1. The molecule has 1 rings (SSSR count). The largest absolute Gasteiger partial charge is 0.336 e. The van der Waals surface area contributed by atoms with E-state index in [4.69, 9.17) is 0 Å². The number of amides is 1. The van der Waals surface area contributed by atoms with E-state index < -0.39 is 27.1 Å². The van der Waals surface area contributed by atoms with Gasteiger partial charge in [0.1, 0.15) is 15.7 Å². The molecule has 0 bridgehead atoms. The van der Waals surface area contributed by atoms with Gasteiger partial charge in [-0.1, -0.05) is 18.2 Å². The Morgan fingerprint density at radius 3 is 2.27 bits per heavy atom. The third kappa shape index (κ3) is 5.09. The van der Waals surface area contributed by atoms with Gasteiger partial charge in [-0.05, 0) is 39.3 Å². The lowest BCUT2D eigenvalue weighted by molar-refractivity contribution is -0.136. The summed E-state index contributed by atoms with van der Waals surface area (Å²) in [4.78, 5) is 14.2. The van der Waals surface area contributed by atoms with Gasteiger partial charge in [-0.25, -0.2) is 12.8 Å². The highest BCUT2D eigenvalue weighted by Crippen LogP contribution is 2.25. The Hall–Kier alpha value is -1.43. The number of nitrogens with zero attached hydrogens (tertiary/aromatic N) is 1. The van der Waals surface area contributed by atoms with Gasteiger partial charge in [0.2, 0.25) is 5.91 Å². The molecule has 0 aliphatic heterocycles. The second-order valence-corrected chi connectivity index (χ2v) is 8.79. The topological polar surface area (TPSA) is 54.5 Å². The molecule has 0 aliphatic rings. The number of hydrogen-bond acceptors (Lipinski definition) is 3. The fraction of sp³-hybridized carbons (Fsp3) is 0.562. The summed E-state index contributed by atoms with van der Waals surface area (Å²) in [6.07, 6.45) is 1.14. The van der Waals surface area contributed by atoms with Crippen LogP contribution in [-0.2, 0) is 14.6 Å². The Morgan fingerprint density at radius 2 is 1.82 bits per heavy atom. The third-order valence-corrected chi connectivity index (χ3v) is 4.43. The van der Waals surface area contributed by atoms with Crippen LogP contribution in [0.5, 0.6) is 0 Å². The third-order valence-electron chi connectivity index (χ3n) is 3.50. The van der Waals surface area contributed by atoms with Crippen LogP contribution in [0, 0.1) is 5.82 Å². The van der Waals surface area contributed by atoms with Crippen molar-refractivity contribution in [1.29, 1.82) is 0 Å². The Bertz CT molecular complexity index is 635. The van der Waals surface area contributed by atoms with Gasteiger partial charge < -0.3 is 4.90 Å². The van der Waals surface area contributed by atoms with E-state index in [9.17, 15) is 17.6 Å². The molecule has 0 saturated carbocycles. The monoisotopic (exact) mass is 329 g/mol. The zero-order valence-corrected chi connectivity index (χ0v) is 14.6. The standard InChI is InChI=1S/C16H24FNO3S/c1-12(13-8-6-7-9-14(13)17)15(19)18(16(2,3)4)10-11-22(5,20)21/h6-9,12H,10-11H2,1-5H3/t12-/m0/s1. The lowest BCUT2D eigenvalue weighted by atomic mass is 9.96. The maximum absolute atomic E-state index is 13.9. The van der Waals surface area contributed by atoms with Gasteiger partial charge in [0.15, 0.2) is 0 Å². The predicted molar refractivity (Wildman–Crippen MR) is 86.0 cm³/mol. The van der Waals surface area contributed by atoms with Crippen molar-refractivity contribution in [2.24, 2.45) is 0 Å². The molecule has 1 aromatic rings. The minimum Gasteiger partial charge on any atom is -0.336 e. The van der Waals surface area contributed by atoms with Gasteiger partial charge in [0.25, 0.3) is 0 Å². The van der Waals surface area contributed by atoms with Crippen LogP contribution in [0.3, 0.4) is 0 Å². The molecule has 4 nitrogen and oxygen atoms in total. The first-order chi connectivity index (χ1) is 9.93. The van der Waals surface area contributed by atoms with Crippen LogP contribution in [-0.4, -0.2) is 43.3 Å². The van der Waals surface area contributed by atoms with Crippen LogP contribution in [0.2, 0.25) is 0 Å². The summed E-state index contributed by atoms with van der Waals surface area (Å²) < 4.78 is 36.6. The summed E-state index contributed by atoms with van der Waals surface area (Å²) in [5, 5.41) is 0. The van der Waals surface area contributed by atoms with Crippen molar-refractivity contribution in [2.75, 3.05) is 18.6 Å². The molecule has 22 heavy (non-hydrogen) atoms. The minimum atomic E-state index is -3.18. The van der Waals surface area contributed by atoms with Crippen LogP contribution < -0.4 is 0 Å². The highest BCUT2D eigenvalue weighted by Gasteiger charge is 2.31. The number of hydrogen-bond donors (Lipinski definition) is 0. The molecule has 0 fully saturated rings. The first kappa shape index (κ1) is 18.6. The maximum Gasteiger partial charge on any atom is 0.230 e. The summed E-state index contributed by atoms with van der Waals surface area (Å²) in [6.45, 7) is 7.24. The number of sulfone groups is 1. The molecule has 1 amide bonds. The number of rotatable bonds is 5. The summed E-state index contributed by atoms with van der Waals surface area (Å²) >= 11 is 0. The van der Waals surface area contributed by atoms with Gasteiger partial charge in [0, 0.05) is 18.3 Å². The van der Waals surface area contributed by atoms with E-state index in [0.29, 0.717) is 5.56 Å². The molecule has 6 heteroatoms. The molecule has 0 saturated heterocycles. The van der Waals surface area contributed by atoms with Crippen LogP contribution in [0.15, 0.2) is 24.3 Å². The zero-order chi connectivity index (χ0) is 17.1. The molecule has 0 unspecified atom stereocenters. The average Bonchev–Trinajstić information content (AvgIpc) is 2.35. The smallest absolute Gasteiger partial charge is 0.230 e. The molecule has 0 radical (unpaired) electrons. The SMILES string of the molecule is C[C@H](C(=O)N(CCS(C)(=O)=O)C(C)(C)C)c1ccccc1F. The normalized spacial score (nSPS) is 13.7. The molecule has 0 heterocycles. The van der Waals surface area contributed by atoms with Crippen LogP contribution in [0.4, 0.5) is 4.39 Å². The van der Waals surface area contributed by atoms with Crippen molar-refractivity contribution in [1.82, 2.24) is 4.90 Å². The van der Waals surface area contributed by atoms with Gasteiger partial charge >= 0.3 is 0 Å². The fourth-order valence-corrected chi connectivity index (χ4v) is 2.74. The van der Waals surface area contributed by atoms with Gasteiger partial charge in [-0.15, -0.1) is 0 Å². The van der Waals surface area contributed by atoms with Gasteiger partial charge in [0.05, 0.1) is 11.7 Å². The van der Waals surface area contributed by atoms with E-state index in [1.165, 1.54) is 11.0 Å². The Morgan fingerprint density at radius 1 is 1.27 bits per heavy atom. The fourth-order valence-electron chi connectivity index (χ4n) is 2.23. The molecular formula is C16H24FNO3S. The molecule has 1 atom stereocenters. The highest BCUT2D eigenvalue weighted by atomic mass is 32.2. The van der Waals surface area contributed by atoms with Gasteiger partial charge in [-0.3, -0.25) is 4.79 Å². The maximum atomic E-state index is 13.9. The summed E-state index contributed by atoms with van der Waals surface area (Å²) in [6, 6.07) is 6.15. The molecule has 124 valence electrons. The van der Waals surface area contributed by atoms with Crippen molar-refractivity contribution in [3.8, 4) is 0 Å². The van der Waals surface area contributed by atoms with E-state index in [2.05, 4.69) is 0 Å². The predicted octanol–water partition coefficient (Wildman–Crippen LogP) is 2.60. The average molecular weight is 329 g/mol. The summed E-state index contributed by atoms with van der Waals surface area (Å²) in [5.41, 5.74) is -0.220. The quantitative estimate of drug-likeness (QED) is 0.834. The molecule has 1 aromatic carbocycles. The van der Waals surface area contributed by atoms with E-state index in [0.717, 1.165) is 6.26 Å². The number of carbonyl (C=O) groups is 1. The Labute approximate surface area is 132 Å². The molecule has 0 N–H and O–H groups in total. The summed E-state index contributed by atoms with van der Waals surface area (Å²) in [7, 11) is -3.18. The molecule has 0 aliphatic carbocycles. The highest BCUT2D eigenvalue weighted by molar-refractivity contribution is 7.90. The number of carbonyl (C=O) groups excluding carboxylic acids is 1. The zero-order valence-electron chi connectivity index (χ0n) is 13.8. The first-order valence-corrected chi connectivity index (χ1v) is 9.23. The van der Waals surface area contributed by atoms with Crippen LogP contribution >= 0.6 is 0 Å².